The van der Waals surface area contributed by atoms with E-state index in [9.17, 15) is 4.79 Å². The quantitative estimate of drug-likeness (QED) is 0.775. The topological polar surface area (TPSA) is 80.9 Å². The molecule has 0 radical (unpaired) electrons. The third-order valence-corrected chi connectivity index (χ3v) is 5.22. The summed E-state index contributed by atoms with van der Waals surface area (Å²) < 4.78 is 0. The fraction of sp³-hybridized carbons (Fsp3) is 0.214. The number of amides is 1. The van der Waals surface area contributed by atoms with E-state index in [1.165, 1.54) is 22.7 Å². The van der Waals surface area contributed by atoms with Crippen LogP contribution in [0.3, 0.4) is 0 Å². The Morgan fingerprint density at radius 3 is 2.90 bits per heavy atom. The molecule has 0 aliphatic carbocycles. The van der Waals surface area contributed by atoms with Crippen LogP contribution in [0.5, 0.6) is 0 Å². The summed E-state index contributed by atoms with van der Waals surface area (Å²) in [7, 11) is 0. The van der Waals surface area contributed by atoms with Crippen molar-refractivity contribution in [1.29, 1.82) is 0 Å². The predicted octanol–water partition coefficient (Wildman–Crippen LogP) is 3.46. The number of anilines is 2. The van der Waals surface area contributed by atoms with Crippen molar-refractivity contribution in [2.24, 2.45) is 0 Å². The van der Waals surface area contributed by atoms with Crippen LogP contribution in [0.2, 0.25) is 0 Å². The molecule has 108 valence electrons. The van der Waals surface area contributed by atoms with Gasteiger partial charge in [-0.3, -0.25) is 10.1 Å². The van der Waals surface area contributed by atoms with Gasteiger partial charge < -0.3 is 5.73 Å². The molecule has 3 rings (SSSR count). The van der Waals surface area contributed by atoms with E-state index in [0.717, 1.165) is 27.2 Å². The average Bonchev–Trinajstić information content (AvgIpc) is 3.00. The summed E-state index contributed by atoms with van der Waals surface area (Å²) in [5.41, 5.74) is 7.54. The van der Waals surface area contributed by atoms with E-state index in [2.05, 4.69) is 15.3 Å². The molecule has 0 aliphatic rings. The number of carbonyl (C=O) groups excluding carboxylic acids is 1. The summed E-state index contributed by atoms with van der Waals surface area (Å²) in [5, 5.41) is 4.25. The van der Waals surface area contributed by atoms with Gasteiger partial charge >= 0.3 is 0 Å². The third-order valence-electron chi connectivity index (χ3n) is 3.16. The van der Waals surface area contributed by atoms with Crippen LogP contribution in [0.4, 0.5) is 10.8 Å². The van der Waals surface area contributed by atoms with Crippen LogP contribution in [0, 0.1) is 6.92 Å². The number of hydrogen-bond acceptors (Lipinski definition) is 6. The Morgan fingerprint density at radius 1 is 1.43 bits per heavy atom. The number of thiophene rings is 1. The smallest absolute Gasteiger partial charge is 0.269 e. The highest BCUT2D eigenvalue weighted by Gasteiger charge is 2.18. The van der Waals surface area contributed by atoms with E-state index in [1.54, 1.807) is 6.20 Å². The van der Waals surface area contributed by atoms with Crippen molar-refractivity contribution in [3.8, 4) is 0 Å². The number of carbonyl (C=O) groups is 1. The molecule has 5 nitrogen and oxygen atoms in total. The standard InChI is InChI=1S/C14H14N4OS2/c1-3-9-7(2)20-14(17-9)18-12(19)11-10(15)8-5-4-6-16-13(8)21-11/h4-6H,3,15H2,1-2H3,(H,17,18,19). The molecular weight excluding hydrogens is 304 g/mol. The second-order valence-corrected chi connectivity index (χ2v) is 6.73. The first-order valence-corrected chi connectivity index (χ1v) is 8.14. The van der Waals surface area contributed by atoms with Gasteiger partial charge in [0.15, 0.2) is 5.13 Å². The fourth-order valence-corrected chi connectivity index (χ4v) is 3.94. The lowest BCUT2D eigenvalue weighted by Crippen LogP contribution is -2.11. The van der Waals surface area contributed by atoms with Crippen LogP contribution >= 0.6 is 22.7 Å². The van der Waals surface area contributed by atoms with Gasteiger partial charge in [-0.25, -0.2) is 9.97 Å². The van der Waals surface area contributed by atoms with E-state index >= 15 is 0 Å². The van der Waals surface area contributed by atoms with Crippen molar-refractivity contribution in [2.45, 2.75) is 20.3 Å². The first-order valence-electron chi connectivity index (χ1n) is 6.50. The molecule has 0 bridgehead atoms. The van der Waals surface area contributed by atoms with Crippen molar-refractivity contribution in [3.05, 3.63) is 33.8 Å². The molecule has 1 amide bonds. The summed E-state index contributed by atoms with van der Waals surface area (Å²) in [6.45, 7) is 4.05. The van der Waals surface area contributed by atoms with E-state index < -0.39 is 0 Å². The number of hydrogen-bond donors (Lipinski definition) is 2. The summed E-state index contributed by atoms with van der Waals surface area (Å²) in [6.07, 6.45) is 2.55. The maximum atomic E-state index is 12.4. The minimum Gasteiger partial charge on any atom is -0.397 e. The lowest BCUT2D eigenvalue weighted by molar-refractivity contribution is 0.103. The van der Waals surface area contributed by atoms with Crippen LogP contribution in [-0.4, -0.2) is 15.9 Å². The van der Waals surface area contributed by atoms with Crippen molar-refractivity contribution in [1.82, 2.24) is 9.97 Å². The Morgan fingerprint density at radius 2 is 2.24 bits per heavy atom. The molecule has 0 spiro atoms. The summed E-state index contributed by atoms with van der Waals surface area (Å²) in [4.78, 5) is 23.4. The minimum atomic E-state index is -0.230. The van der Waals surface area contributed by atoms with Gasteiger partial charge in [0.05, 0.1) is 11.4 Å². The highest BCUT2D eigenvalue weighted by atomic mass is 32.1. The lowest BCUT2D eigenvalue weighted by atomic mass is 10.2. The zero-order valence-electron chi connectivity index (χ0n) is 11.6. The largest absolute Gasteiger partial charge is 0.397 e. The van der Waals surface area contributed by atoms with E-state index in [0.29, 0.717) is 15.7 Å². The highest BCUT2D eigenvalue weighted by Crippen LogP contribution is 2.33. The second-order valence-electron chi connectivity index (χ2n) is 4.53. The maximum Gasteiger partial charge on any atom is 0.269 e. The number of aryl methyl sites for hydroxylation is 2. The molecule has 0 unspecified atom stereocenters. The van der Waals surface area contributed by atoms with Crippen molar-refractivity contribution in [2.75, 3.05) is 11.1 Å². The van der Waals surface area contributed by atoms with Gasteiger partial charge in [0.2, 0.25) is 0 Å². The molecule has 0 aromatic carbocycles. The van der Waals surface area contributed by atoms with Crippen LogP contribution in [0.15, 0.2) is 18.3 Å². The molecule has 21 heavy (non-hydrogen) atoms. The number of nitrogens with zero attached hydrogens (tertiary/aromatic N) is 2. The molecule has 0 aliphatic heterocycles. The molecule has 3 aromatic rings. The molecular formula is C14H14N4OS2. The number of pyridine rings is 1. The van der Waals surface area contributed by atoms with Gasteiger partial charge in [-0.2, -0.15) is 0 Å². The Kier molecular flexibility index (Phi) is 3.60. The van der Waals surface area contributed by atoms with Crippen LogP contribution in [0.25, 0.3) is 10.2 Å². The summed E-state index contributed by atoms with van der Waals surface area (Å²) in [6, 6.07) is 3.68. The number of nitrogens with two attached hydrogens (primary N) is 1. The number of rotatable bonds is 3. The molecule has 7 heteroatoms. The predicted molar refractivity (Wildman–Crippen MR) is 88.2 cm³/mol. The molecule has 3 heterocycles. The van der Waals surface area contributed by atoms with Gasteiger partial charge in [0.25, 0.3) is 5.91 Å². The van der Waals surface area contributed by atoms with Gasteiger partial charge in [0, 0.05) is 16.5 Å². The molecule has 0 saturated carbocycles. The maximum absolute atomic E-state index is 12.4. The number of nitrogens with one attached hydrogen (secondary N) is 1. The fourth-order valence-electron chi connectivity index (χ4n) is 2.08. The van der Waals surface area contributed by atoms with Crippen molar-refractivity contribution < 1.29 is 4.79 Å². The molecule has 3 aromatic heterocycles. The minimum absolute atomic E-state index is 0.230. The third kappa shape index (κ3) is 2.50. The monoisotopic (exact) mass is 318 g/mol. The second kappa shape index (κ2) is 5.42. The van der Waals surface area contributed by atoms with Crippen LogP contribution in [-0.2, 0) is 6.42 Å². The Hall–Kier alpha value is -1.99. The van der Waals surface area contributed by atoms with E-state index in [1.807, 2.05) is 26.0 Å². The van der Waals surface area contributed by atoms with Gasteiger partial charge in [-0.1, -0.05) is 6.92 Å². The number of aromatic nitrogens is 2. The lowest BCUT2D eigenvalue weighted by Gasteiger charge is -1.99. The number of nitrogen functional groups attached to an aromatic ring is 1. The average molecular weight is 318 g/mol. The molecule has 0 fully saturated rings. The SMILES string of the molecule is CCc1nc(NC(=O)c2sc3ncccc3c2N)sc1C. The molecule has 0 saturated heterocycles. The first kappa shape index (κ1) is 14.0. The zero-order chi connectivity index (χ0) is 15.0. The van der Waals surface area contributed by atoms with Gasteiger partial charge in [-0.05, 0) is 25.5 Å². The number of thiazole rings is 1. The summed E-state index contributed by atoms with van der Waals surface area (Å²) in [5.74, 6) is -0.230. The molecule has 3 N–H and O–H groups in total. The summed E-state index contributed by atoms with van der Waals surface area (Å²) >= 11 is 2.78. The highest BCUT2D eigenvalue weighted by molar-refractivity contribution is 7.21. The zero-order valence-corrected chi connectivity index (χ0v) is 13.3. The van der Waals surface area contributed by atoms with E-state index in [4.69, 9.17) is 5.73 Å². The molecule has 0 atom stereocenters. The normalized spacial score (nSPS) is 11.0. The Bertz CT molecular complexity index is 822. The van der Waals surface area contributed by atoms with Crippen LogP contribution < -0.4 is 11.1 Å². The Labute approximate surface area is 129 Å². The van der Waals surface area contributed by atoms with Crippen LogP contribution in [0.1, 0.15) is 27.2 Å². The van der Waals surface area contributed by atoms with E-state index in [-0.39, 0.29) is 5.91 Å². The van der Waals surface area contributed by atoms with Gasteiger partial charge in [-0.15, -0.1) is 22.7 Å². The number of fused-ring (bicyclic) bond motifs is 1. The Balaban J connectivity index is 1.91. The van der Waals surface area contributed by atoms with Gasteiger partial charge in [0.1, 0.15) is 9.71 Å². The van der Waals surface area contributed by atoms with Crippen molar-refractivity contribution in [3.63, 3.8) is 0 Å². The first-order chi connectivity index (χ1) is 10.1. The van der Waals surface area contributed by atoms with Crippen molar-refractivity contribution >= 4 is 49.6 Å².